The first kappa shape index (κ1) is 23.4. The lowest BCUT2D eigenvalue weighted by molar-refractivity contribution is -0.166. The van der Waals surface area contributed by atoms with Gasteiger partial charge in [0.15, 0.2) is 0 Å². The van der Waals surface area contributed by atoms with Crippen LogP contribution in [0.2, 0.25) is 0 Å². The number of aliphatic hydroxyl groups is 1. The van der Waals surface area contributed by atoms with Crippen LogP contribution in [0.15, 0.2) is 0 Å². The predicted octanol–water partition coefficient (Wildman–Crippen LogP) is 2.56. The number of esters is 2. The van der Waals surface area contributed by atoms with E-state index in [1.807, 2.05) is 0 Å². The summed E-state index contributed by atoms with van der Waals surface area (Å²) in [5.41, 5.74) is -3.84. The maximum atomic E-state index is 13.2. The van der Waals surface area contributed by atoms with Gasteiger partial charge in [-0.3, -0.25) is 4.79 Å². The molecule has 0 bridgehead atoms. The molecule has 0 heterocycles. The Morgan fingerprint density at radius 2 is 1.34 bits per heavy atom. The lowest BCUT2D eigenvalue weighted by Gasteiger charge is -2.35. The summed E-state index contributed by atoms with van der Waals surface area (Å²) >= 11 is 0. The number of nitrogens with one attached hydrogen (secondary N) is 1. The third-order valence-electron chi connectivity index (χ3n) is 4.79. The summed E-state index contributed by atoms with van der Waals surface area (Å²) in [4.78, 5) is 38.4. The molecular formula is C21H35NO7. The number of rotatable bonds is 3. The van der Waals surface area contributed by atoms with Gasteiger partial charge in [-0.2, -0.15) is 0 Å². The summed E-state index contributed by atoms with van der Waals surface area (Å²) in [6.45, 7) is 15.5. The van der Waals surface area contributed by atoms with E-state index in [-0.39, 0.29) is 6.42 Å². The first-order valence-electron chi connectivity index (χ1n) is 10.0. The third kappa shape index (κ3) is 5.41. The van der Waals surface area contributed by atoms with Gasteiger partial charge in [0.25, 0.3) is 0 Å². The first-order valence-corrected chi connectivity index (χ1v) is 10.0. The van der Waals surface area contributed by atoms with Gasteiger partial charge < -0.3 is 24.6 Å². The fourth-order valence-electron chi connectivity index (χ4n) is 3.98. The van der Waals surface area contributed by atoms with Gasteiger partial charge in [0.1, 0.15) is 22.3 Å². The summed E-state index contributed by atoms with van der Waals surface area (Å²) in [7, 11) is 0. The Kier molecular flexibility index (Phi) is 5.78. The fraction of sp³-hybridized carbons (Fsp3) is 0.857. The van der Waals surface area contributed by atoms with Crippen LogP contribution in [0.1, 0.15) is 68.7 Å². The zero-order valence-corrected chi connectivity index (χ0v) is 18.9. The number of carbonyl (C=O) groups excluding carboxylic acids is 3. The molecule has 2 fully saturated rings. The Morgan fingerprint density at radius 3 is 1.79 bits per heavy atom. The van der Waals surface area contributed by atoms with Gasteiger partial charge in [-0.15, -0.1) is 0 Å². The van der Waals surface area contributed by atoms with Crippen LogP contribution in [-0.2, 0) is 23.8 Å². The molecular weight excluding hydrogens is 378 g/mol. The van der Waals surface area contributed by atoms with E-state index in [9.17, 15) is 19.5 Å². The van der Waals surface area contributed by atoms with Gasteiger partial charge in [0.05, 0.1) is 12.0 Å². The van der Waals surface area contributed by atoms with Crippen molar-refractivity contribution >= 4 is 18.0 Å². The van der Waals surface area contributed by atoms with Gasteiger partial charge in [-0.25, -0.2) is 9.59 Å². The maximum Gasteiger partial charge on any atom is 0.408 e. The van der Waals surface area contributed by atoms with Crippen molar-refractivity contribution in [2.45, 2.75) is 97.2 Å². The number of hydrogen-bond acceptors (Lipinski definition) is 7. The summed E-state index contributed by atoms with van der Waals surface area (Å²) in [5.74, 6) is -2.97. The third-order valence-corrected chi connectivity index (χ3v) is 4.79. The van der Waals surface area contributed by atoms with Crippen molar-refractivity contribution < 1.29 is 33.7 Å². The second-order valence-corrected chi connectivity index (χ2v) is 11.0. The van der Waals surface area contributed by atoms with Crippen molar-refractivity contribution in [1.29, 1.82) is 0 Å². The van der Waals surface area contributed by atoms with E-state index in [1.165, 1.54) is 0 Å². The second kappa shape index (κ2) is 7.15. The highest BCUT2D eigenvalue weighted by molar-refractivity contribution is 5.91. The number of hydrogen-bond donors (Lipinski definition) is 2. The SMILES string of the molecule is CC(C)(C)OC(=O)N[C@@]1(C(=O)OC(C)(C)C)C[C@H](O)[C@H]2[C@H](C(=O)OC(C)(C)C)[C@H]21. The van der Waals surface area contributed by atoms with Gasteiger partial charge >= 0.3 is 18.0 Å². The zero-order chi connectivity index (χ0) is 22.6. The number of carbonyl (C=O) groups is 3. The molecule has 2 saturated carbocycles. The maximum absolute atomic E-state index is 13.2. The van der Waals surface area contributed by atoms with Crippen molar-refractivity contribution in [2.75, 3.05) is 0 Å². The van der Waals surface area contributed by atoms with E-state index in [0.717, 1.165) is 0 Å². The van der Waals surface area contributed by atoms with Crippen LogP contribution in [0, 0.1) is 17.8 Å². The van der Waals surface area contributed by atoms with E-state index >= 15 is 0 Å². The van der Waals surface area contributed by atoms with Crippen LogP contribution >= 0.6 is 0 Å². The highest BCUT2D eigenvalue weighted by atomic mass is 16.6. The highest BCUT2D eigenvalue weighted by Crippen LogP contribution is 2.63. The minimum atomic E-state index is -1.55. The molecule has 2 rings (SSSR count). The highest BCUT2D eigenvalue weighted by Gasteiger charge is 2.76. The monoisotopic (exact) mass is 413 g/mol. The normalized spacial score (nSPS) is 31.5. The van der Waals surface area contributed by atoms with Gasteiger partial charge in [-0.05, 0) is 62.3 Å². The summed E-state index contributed by atoms with van der Waals surface area (Å²) in [6, 6.07) is 0. The lowest BCUT2D eigenvalue weighted by atomic mass is 9.89. The average molecular weight is 414 g/mol. The molecule has 8 heteroatoms. The Balaban J connectivity index is 2.34. The Bertz CT molecular complexity index is 683. The van der Waals surface area contributed by atoms with Crippen LogP contribution in [-0.4, -0.2) is 51.6 Å². The molecule has 0 saturated heterocycles. The smallest absolute Gasteiger partial charge is 0.408 e. The quantitative estimate of drug-likeness (QED) is 0.540. The molecule has 0 aromatic rings. The molecule has 2 N–H and O–H groups in total. The van der Waals surface area contributed by atoms with Crippen LogP contribution in [0.25, 0.3) is 0 Å². The number of alkyl carbamates (subject to hydrolysis) is 1. The molecule has 2 aliphatic rings. The molecule has 0 radical (unpaired) electrons. The predicted molar refractivity (Wildman–Crippen MR) is 105 cm³/mol. The van der Waals surface area contributed by atoms with Crippen LogP contribution in [0.4, 0.5) is 4.79 Å². The number of fused-ring (bicyclic) bond motifs is 1. The van der Waals surface area contributed by atoms with Gasteiger partial charge in [0.2, 0.25) is 0 Å². The van der Waals surface area contributed by atoms with Crippen molar-refractivity contribution in [3.05, 3.63) is 0 Å². The number of ether oxygens (including phenoxy) is 3. The van der Waals surface area contributed by atoms with Crippen LogP contribution in [0.5, 0.6) is 0 Å². The average Bonchev–Trinajstić information content (AvgIpc) is 3.10. The van der Waals surface area contributed by atoms with Gasteiger partial charge in [0, 0.05) is 18.3 Å². The van der Waals surface area contributed by atoms with E-state index < -0.39 is 64.2 Å². The lowest BCUT2D eigenvalue weighted by Crippen LogP contribution is -2.59. The van der Waals surface area contributed by atoms with Crippen LogP contribution in [0.3, 0.4) is 0 Å². The second-order valence-electron chi connectivity index (χ2n) is 11.0. The molecule has 0 unspecified atom stereocenters. The first-order chi connectivity index (χ1) is 12.9. The molecule has 0 aliphatic heterocycles. The zero-order valence-electron chi connectivity index (χ0n) is 18.9. The molecule has 0 aromatic carbocycles. The van der Waals surface area contributed by atoms with Crippen molar-refractivity contribution in [2.24, 2.45) is 17.8 Å². The fourth-order valence-corrected chi connectivity index (χ4v) is 3.98. The minimum absolute atomic E-state index is 0.0458. The number of amides is 1. The Labute approximate surface area is 172 Å². The van der Waals surface area contributed by atoms with E-state index in [0.29, 0.717) is 0 Å². The number of aliphatic hydroxyl groups excluding tert-OH is 1. The van der Waals surface area contributed by atoms with Crippen LogP contribution < -0.4 is 5.32 Å². The molecule has 0 spiro atoms. The topological polar surface area (TPSA) is 111 Å². The molecule has 0 aromatic heterocycles. The largest absolute Gasteiger partial charge is 0.460 e. The molecule has 8 nitrogen and oxygen atoms in total. The molecule has 2 aliphatic carbocycles. The Hall–Kier alpha value is -1.83. The van der Waals surface area contributed by atoms with E-state index in [1.54, 1.807) is 62.3 Å². The molecule has 1 amide bonds. The summed E-state index contributed by atoms with van der Waals surface area (Å²) < 4.78 is 16.3. The summed E-state index contributed by atoms with van der Waals surface area (Å²) in [6.07, 6.45) is -1.79. The standard InChI is InChI=1S/C21H35NO7/c1-18(2,3)27-15(24)13-12-11(23)10-21(14(12)13,16(25)28-19(4,5)6)22-17(26)29-20(7,8)9/h11-14,23H,10H2,1-9H3,(H,22,26)/t11-,12-,13-,14-,21-/m0/s1. The van der Waals surface area contributed by atoms with Crippen molar-refractivity contribution in [1.82, 2.24) is 5.32 Å². The van der Waals surface area contributed by atoms with E-state index in [2.05, 4.69) is 5.32 Å². The Morgan fingerprint density at radius 1 is 0.862 bits per heavy atom. The van der Waals surface area contributed by atoms with Crippen molar-refractivity contribution in [3.63, 3.8) is 0 Å². The summed E-state index contributed by atoms with van der Waals surface area (Å²) in [5, 5.41) is 13.2. The van der Waals surface area contributed by atoms with E-state index in [4.69, 9.17) is 14.2 Å². The molecule has 166 valence electrons. The minimum Gasteiger partial charge on any atom is -0.460 e. The van der Waals surface area contributed by atoms with Crippen molar-refractivity contribution in [3.8, 4) is 0 Å². The molecule has 5 atom stereocenters. The molecule has 29 heavy (non-hydrogen) atoms. The van der Waals surface area contributed by atoms with Gasteiger partial charge in [-0.1, -0.05) is 0 Å².